The van der Waals surface area contributed by atoms with Gasteiger partial charge in [-0.25, -0.2) is 8.78 Å². The van der Waals surface area contributed by atoms with Gasteiger partial charge in [-0.15, -0.1) is 0 Å². The third kappa shape index (κ3) is 5.15. The summed E-state index contributed by atoms with van der Waals surface area (Å²) in [6.45, 7) is 1.69. The second-order valence-electron chi connectivity index (χ2n) is 6.98. The first-order valence-electron chi connectivity index (χ1n) is 9.62. The zero-order chi connectivity index (χ0) is 23.5. The molecule has 0 aliphatic carbocycles. The Labute approximate surface area is 196 Å². The van der Waals surface area contributed by atoms with Crippen LogP contribution >= 0.6 is 23.2 Å². The van der Waals surface area contributed by atoms with Crippen LogP contribution < -0.4 is 10.1 Å². The Morgan fingerprint density at radius 3 is 2.64 bits per heavy atom. The van der Waals surface area contributed by atoms with Crippen molar-refractivity contribution in [2.75, 3.05) is 5.32 Å². The Hall–Kier alpha value is -3.43. The van der Waals surface area contributed by atoms with Crippen molar-refractivity contribution in [3.63, 3.8) is 0 Å². The van der Waals surface area contributed by atoms with Crippen molar-refractivity contribution in [3.05, 3.63) is 92.9 Å². The lowest BCUT2D eigenvalue weighted by atomic mass is 10.2. The van der Waals surface area contributed by atoms with Crippen LogP contribution in [0.15, 0.2) is 53.2 Å². The Morgan fingerprint density at radius 2 is 1.91 bits per heavy atom. The second kappa shape index (κ2) is 9.60. The Kier molecular flexibility index (Phi) is 6.62. The van der Waals surface area contributed by atoms with Gasteiger partial charge in [-0.3, -0.25) is 9.48 Å². The van der Waals surface area contributed by atoms with E-state index in [1.807, 2.05) is 0 Å². The summed E-state index contributed by atoms with van der Waals surface area (Å²) >= 11 is 12.4. The molecule has 0 aliphatic heterocycles. The fourth-order valence-electron chi connectivity index (χ4n) is 3.02. The van der Waals surface area contributed by atoms with E-state index in [-0.39, 0.29) is 23.9 Å². The topological polar surface area (TPSA) is 82.2 Å². The number of carbonyl (C=O) groups is 1. The smallest absolute Gasteiger partial charge is 0.279 e. The number of rotatable bonds is 7. The van der Waals surface area contributed by atoms with Gasteiger partial charge in [0.1, 0.15) is 18.2 Å². The van der Waals surface area contributed by atoms with E-state index < -0.39 is 17.5 Å². The highest BCUT2D eigenvalue weighted by Crippen LogP contribution is 2.25. The molecule has 0 fully saturated rings. The highest BCUT2D eigenvalue weighted by molar-refractivity contribution is 6.35. The standard InChI is InChI=1S/C22H16Cl2F2N4O3/c1-12-15(11-32-19-6-5-13(25)9-18(19)26)21(29-33-12)22(31)27-20-7-8-30(28-20)10-14-16(23)3-2-4-17(14)24/h2-9H,10-11H2,1H3,(H,27,28,31). The van der Waals surface area contributed by atoms with Crippen molar-refractivity contribution in [1.29, 1.82) is 0 Å². The van der Waals surface area contributed by atoms with Crippen LogP contribution in [0.3, 0.4) is 0 Å². The van der Waals surface area contributed by atoms with Gasteiger partial charge in [0.2, 0.25) is 0 Å². The Morgan fingerprint density at radius 1 is 1.15 bits per heavy atom. The number of benzene rings is 2. The lowest BCUT2D eigenvalue weighted by Gasteiger charge is -2.08. The first-order chi connectivity index (χ1) is 15.8. The van der Waals surface area contributed by atoms with Crippen LogP contribution in [0.1, 0.15) is 27.4 Å². The van der Waals surface area contributed by atoms with Gasteiger partial charge in [-0.05, 0) is 31.2 Å². The van der Waals surface area contributed by atoms with E-state index in [0.29, 0.717) is 39.5 Å². The van der Waals surface area contributed by atoms with Gasteiger partial charge in [-0.1, -0.05) is 34.4 Å². The third-order valence-corrected chi connectivity index (χ3v) is 5.44. The first kappa shape index (κ1) is 22.8. The van der Waals surface area contributed by atoms with Crippen molar-refractivity contribution in [3.8, 4) is 5.75 Å². The fraction of sp³-hybridized carbons (Fsp3) is 0.136. The number of nitrogens with one attached hydrogen (secondary N) is 1. The van der Waals surface area contributed by atoms with Crippen molar-refractivity contribution >= 4 is 34.9 Å². The number of halogens is 4. The summed E-state index contributed by atoms with van der Waals surface area (Å²) in [6.07, 6.45) is 1.66. The summed E-state index contributed by atoms with van der Waals surface area (Å²) in [5.41, 5.74) is 0.971. The normalized spacial score (nSPS) is 10.9. The molecule has 0 spiro atoms. The van der Waals surface area contributed by atoms with Gasteiger partial charge < -0.3 is 14.6 Å². The Bertz CT molecular complexity index is 1300. The van der Waals surface area contributed by atoms with Crippen LogP contribution in [0.25, 0.3) is 0 Å². The highest BCUT2D eigenvalue weighted by atomic mass is 35.5. The quantitative estimate of drug-likeness (QED) is 0.360. The van der Waals surface area contributed by atoms with Gasteiger partial charge in [0, 0.05) is 33.9 Å². The molecule has 2 aromatic heterocycles. The summed E-state index contributed by atoms with van der Waals surface area (Å²) in [4.78, 5) is 12.7. The highest BCUT2D eigenvalue weighted by Gasteiger charge is 2.22. The number of nitrogens with zero attached hydrogens (tertiary/aromatic N) is 3. The van der Waals surface area contributed by atoms with E-state index >= 15 is 0 Å². The molecule has 33 heavy (non-hydrogen) atoms. The van der Waals surface area contributed by atoms with Crippen LogP contribution in [-0.4, -0.2) is 20.8 Å². The number of anilines is 1. The van der Waals surface area contributed by atoms with Crippen molar-refractivity contribution in [2.24, 2.45) is 0 Å². The molecule has 0 radical (unpaired) electrons. The van der Waals surface area contributed by atoms with Crippen molar-refractivity contribution in [2.45, 2.75) is 20.1 Å². The number of amides is 1. The van der Waals surface area contributed by atoms with E-state index in [4.69, 9.17) is 32.5 Å². The minimum Gasteiger partial charge on any atom is -0.486 e. The fourth-order valence-corrected chi connectivity index (χ4v) is 3.54. The first-order valence-corrected chi connectivity index (χ1v) is 10.4. The summed E-state index contributed by atoms with van der Waals surface area (Å²) in [5.74, 6) is -1.76. The van der Waals surface area contributed by atoms with E-state index in [1.165, 1.54) is 0 Å². The molecular weight excluding hydrogens is 477 g/mol. The maximum atomic E-state index is 13.8. The number of aryl methyl sites for hydroxylation is 1. The average molecular weight is 493 g/mol. The average Bonchev–Trinajstić information content (AvgIpc) is 3.36. The van der Waals surface area contributed by atoms with Crippen LogP contribution in [0.2, 0.25) is 10.0 Å². The zero-order valence-corrected chi connectivity index (χ0v) is 18.6. The summed E-state index contributed by atoms with van der Waals surface area (Å²) in [6, 6.07) is 9.72. The molecule has 0 saturated carbocycles. The summed E-state index contributed by atoms with van der Waals surface area (Å²) in [5, 5.41) is 11.7. The SMILES string of the molecule is Cc1onc(C(=O)Nc2ccn(Cc3c(Cl)cccc3Cl)n2)c1COc1ccc(F)cc1F. The maximum absolute atomic E-state index is 13.8. The maximum Gasteiger partial charge on any atom is 0.279 e. The molecule has 170 valence electrons. The van der Waals surface area contributed by atoms with Gasteiger partial charge in [0.15, 0.2) is 23.1 Å². The number of hydrogen-bond acceptors (Lipinski definition) is 5. The van der Waals surface area contributed by atoms with Crippen molar-refractivity contribution in [1.82, 2.24) is 14.9 Å². The number of ether oxygens (including phenoxy) is 1. The van der Waals surface area contributed by atoms with Gasteiger partial charge in [-0.2, -0.15) is 5.10 Å². The minimum atomic E-state index is -0.862. The molecule has 0 aliphatic rings. The molecule has 1 N–H and O–H groups in total. The predicted octanol–water partition coefficient (Wildman–Crippen LogP) is 5.64. The largest absolute Gasteiger partial charge is 0.486 e. The summed E-state index contributed by atoms with van der Waals surface area (Å²) < 4.78 is 39.0. The van der Waals surface area contributed by atoms with Crippen molar-refractivity contribution < 1.29 is 22.8 Å². The molecule has 2 heterocycles. The minimum absolute atomic E-state index is 0.0429. The van der Waals surface area contributed by atoms with E-state index in [0.717, 1.165) is 12.1 Å². The van der Waals surface area contributed by atoms with Crippen LogP contribution in [-0.2, 0) is 13.2 Å². The molecule has 2 aromatic carbocycles. The number of hydrogen-bond donors (Lipinski definition) is 1. The third-order valence-electron chi connectivity index (χ3n) is 4.73. The van der Waals surface area contributed by atoms with Crippen LogP contribution in [0.5, 0.6) is 5.75 Å². The van der Waals surface area contributed by atoms with Gasteiger partial charge in [0.25, 0.3) is 5.91 Å². The van der Waals surface area contributed by atoms with Crippen LogP contribution in [0, 0.1) is 18.6 Å². The molecular formula is C22H16Cl2F2N4O3. The van der Waals surface area contributed by atoms with E-state index in [1.54, 1.807) is 42.1 Å². The molecule has 4 rings (SSSR count). The molecule has 1 amide bonds. The molecule has 7 nitrogen and oxygen atoms in total. The lowest BCUT2D eigenvalue weighted by Crippen LogP contribution is -2.16. The van der Waals surface area contributed by atoms with Gasteiger partial charge in [0.05, 0.1) is 12.1 Å². The second-order valence-corrected chi connectivity index (χ2v) is 7.80. The molecule has 4 aromatic rings. The van der Waals surface area contributed by atoms with E-state index in [2.05, 4.69) is 15.6 Å². The molecule has 0 saturated heterocycles. The number of carbonyl (C=O) groups excluding carboxylic acids is 1. The predicted molar refractivity (Wildman–Crippen MR) is 118 cm³/mol. The molecule has 11 heteroatoms. The molecule has 0 bridgehead atoms. The number of aromatic nitrogens is 3. The van der Waals surface area contributed by atoms with E-state index in [9.17, 15) is 13.6 Å². The zero-order valence-electron chi connectivity index (χ0n) is 17.1. The van der Waals surface area contributed by atoms with Gasteiger partial charge >= 0.3 is 0 Å². The Balaban J connectivity index is 1.45. The monoisotopic (exact) mass is 492 g/mol. The molecule has 0 atom stereocenters. The molecule has 0 unspecified atom stereocenters. The summed E-state index contributed by atoms with van der Waals surface area (Å²) in [7, 11) is 0. The van der Waals surface area contributed by atoms with Crippen LogP contribution in [0.4, 0.5) is 14.6 Å². The lowest BCUT2D eigenvalue weighted by molar-refractivity contribution is 0.101.